The van der Waals surface area contributed by atoms with Crippen molar-refractivity contribution in [1.82, 2.24) is 14.6 Å². The highest BCUT2D eigenvalue weighted by Crippen LogP contribution is 2.53. The molecule has 1 atom stereocenters. The number of amides is 1. The molecule has 11 heteroatoms. The van der Waals surface area contributed by atoms with Crippen molar-refractivity contribution in [3.63, 3.8) is 0 Å². The number of para-hydroxylation sites is 1. The van der Waals surface area contributed by atoms with E-state index < -0.39 is 11.7 Å². The Balaban J connectivity index is 1.18. The Labute approximate surface area is 292 Å². The molecular formula is C36H46ClN3O5S2. The largest absolute Gasteiger partial charge is 0.490 e. The van der Waals surface area contributed by atoms with Crippen LogP contribution in [0, 0.1) is 0 Å². The molecule has 0 radical (unpaired) electrons. The highest BCUT2D eigenvalue weighted by atomic mass is 35.5. The number of hydrogen-bond acceptors (Lipinski definition) is 9. The Bertz CT molecular complexity index is 1460. The van der Waals surface area contributed by atoms with E-state index in [2.05, 4.69) is 27.9 Å². The number of aromatic nitrogens is 1. The second-order valence-electron chi connectivity index (χ2n) is 12.1. The summed E-state index contributed by atoms with van der Waals surface area (Å²) in [6, 6.07) is 16.3. The number of rotatable bonds is 21. The number of halogens is 1. The third-order valence-electron chi connectivity index (χ3n) is 8.48. The van der Waals surface area contributed by atoms with Crippen molar-refractivity contribution >= 4 is 41.2 Å². The van der Waals surface area contributed by atoms with Gasteiger partial charge in [-0.15, -0.1) is 11.8 Å². The quantitative estimate of drug-likeness (QED) is 0.0626. The van der Waals surface area contributed by atoms with Crippen LogP contribution in [0.3, 0.4) is 0 Å². The van der Waals surface area contributed by atoms with Crippen LogP contribution in [0.2, 0.25) is 5.02 Å². The Morgan fingerprint density at radius 2 is 1.96 bits per heavy atom. The van der Waals surface area contributed by atoms with Gasteiger partial charge in [-0.3, -0.25) is 14.5 Å². The van der Waals surface area contributed by atoms with Crippen LogP contribution in [0.1, 0.15) is 62.5 Å². The van der Waals surface area contributed by atoms with Crippen molar-refractivity contribution in [1.29, 1.82) is 0 Å². The zero-order valence-electron chi connectivity index (χ0n) is 27.0. The van der Waals surface area contributed by atoms with E-state index in [0.717, 1.165) is 70.8 Å². The molecule has 254 valence electrons. The number of benzene rings is 2. The third-order valence-corrected chi connectivity index (χ3v) is 10.4. The van der Waals surface area contributed by atoms with Crippen molar-refractivity contribution in [2.75, 3.05) is 38.2 Å². The number of pyridine rings is 1. The van der Waals surface area contributed by atoms with Gasteiger partial charge in [0.05, 0.1) is 18.3 Å². The maximum atomic E-state index is 12.9. The number of ether oxygens (including phenoxy) is 2. The van der Waals surface area contributed by atoms with Crippen molar-refractivity contribution in [2.45, 2.75) is 80.7 Å². The Morgan fingerprint density at radius 3 is 2.72 bits per heavy atom. The summed E-state index contributed by atoms with van der Waals surface area (Å²) in [6.45, 7) is 2.19. The maximum Gasteiger partial charge on any atom is 0.251 e. The summed E-state index contributed by atoms with van der Waals surface area (Å²) in [5, 5.41) is 20.1. The predicted octanol–water partition coefficient (Wildman–Crippen LogP) is 6.85. The molecule has 2 saturated carbocycles. The minimum Gasteiger partial charge on any atom is -0.490 e. The zero-order chi connectivity index (χ0) is 33.1. The number of aliphatic hydroxyl groups excluding tert-OH is 2. The van der Waals surface area contributed by atoms with Crippen LogP contribution in [0.4, 0.5) is 0 Å². The van der Waals surface area contributed by atoms with Gasteiger partial charge in [-0.25, -0.2) is 0 Å². The first kappa shape index (κ1) is 36.0. The van der Waals surface area contributed by atoms with Crippen LogP contribution in [-0.4, -0.2) is 76.5 Å². The summed E-state index contributed by atoms with van der Waals surface area (Å²) in [7, 11) is 0. The van der Waals surface area contributed by atoms with Crippen LogP contribution in [0.25, 0.3) is 11.1 Å². The highest BCUT2D eigenvalue weighted by Gasteiger charge is 2.47. The summed E-state index contributed by atoms with van der Waals surface area (Å²) in [6.07, 6.45) is 11.4. The number of hydrogen-bond donors (Lipinski definition) is 3. The summed E-state index contributed by atoms with van der Waals surface area (Å²) in [5.74, 6) is 1.48. The first-order valence-electron chi connectivity index (χ1n) is 16.5. The summed E-state index contributed by atoms with van der Waals surface area (Å²) >= 11 is 9.89. The van der Waals surface area contributed by atoms with Crippen LogP contribution in [0.5, 0.6) is 5.75 Å². The fraction of sp³-hybridized carbons (Fsp3) is 0.500. The molecule has 2 aromatic carbocycles. The molecule has 3 N–H and O–H groups in total. The van der Waals surface area contributed by atoms with E-state index in [9.17, 15) is 9.90 Å². The lowest BCUT2D eigenvalue weighted by Crippen LogP contribution is -2.42. The molecule has 0 saturated heterocycles. The lowest BCUT2D eigenvalue weighted by molar-refractivity contribution is -0.140. The Morgan fingerprint density at radius 1 is 1.13 bits per heavy atom. The fourth-order valence-corrected chi connectivity index (χ4v) is 6.93. The lowest BCUT2D eigenvalue weighted by Gasteiger charge is -2.25. The molecule has 3 aromatic rings. The molecule has 1 aromatic heterocycles. The van der Waals surface area contributed by atoms with E-state index in [1.54, 1.807) is 16.7 Å². The van der Waals surface area contributed by atoms with Crippen LogP contribution >= 0.6 is 35.3 Å². The molecule has 2 aliphatic carbocycles. The van der Waals surface area contributed by atoms with E-state index in [1.807, 2.05) is 49.0 Å². The summed E-state index contributed by atoms with van der Waals surface area (Å²) in [4.78, 5) is 20.2. The van der Waals surface area contributed by atoms with Crippen LogP contribution in [-0.2, 0) is 21.7 Å². The molecule has 0 bridgehead atoms. The van der Waals surface area contributed by atoms with Gasteiger partial charge < -0.3 is 24.6 Å². The van der Waals surface area contributed by atoms with Gasteiger partial charge in [0.2, 0.25) is 0 Å². The fourth-order valence-electron chi connectivity index (χ4n) is 5.57. The Kier molecular flexibility index (Phi) is 13.7. The van der Waals surface area contributed by atoms with Crippen molar-refractivity contribution in [3.05, 3.63) is 77.1 Å². The molecule has 2 fully saturated rings. The number of unbranched alkanes of at least 4 members (excludes halogenated alkanes) is 1. The lowest BCUT2D eigenvalue weighted by atomic mass is 9.96. The number of carbonyl (C=O) groups is 1. The molecule has 5 rings (SSSR count). The van der Waals surface area contributed by atoms with E-state index in [4.69, 9.17) is 26.2 Å². The molecule has 1 heterocycles. The van der Waals surface area contributed by atoms with Gasteiger partial charge in [0.15, 0.2) is 0 Å². The molecule has 1 amide bonds. The average Bonchev–Trinajstić information content (AvgIpc) is 4.03. The molecule has 1 unspecified atom stereocenters. The zero-order valence-corrected chi connectivity index (χ0v) is 29.4. The molecular weight excluding hydrogens is 654 g/mol. The number of carbonyl (C=O) groups excluding carboxylic acids is 1. The predicted molar refractivity (Wildman–Crippen MR) is 191 cm³/mol. The number of aliphatic hydroxyl groups is 2. The van der Waals surface area contributed by atoms with Gasteiger partial charge >= 0.3 is 0 Å². The SMILES string of the molecule is CSNCCN(CCCSc1ccc(Cl)c(COC2(c3cnccc3-c3ccccc3OC3CC3)CC2)c1)C(=O)C(O)CCCCO. The highest BCUT2D eigenvalue weighted by molar-refractivity contribution is 7.99. The smallest absolute Gasteiger partial charge is 0.251 e. The number of thioether (sulfide) groups is 1. The van der Waals surface area contributed by atoms with Gasteiger partial charge in [-0.05, 0) is 105 Å². The second kappa shape index (κ2) is 17.9. The van der Waals surface area contributed by atoms with Crippen molar-refractivity contribution < 1.29 is 24.5 Å². The average molecular weight is 700 g/mol. The van der Waals surface area contributed by atoms with Gasteiger partial charge in [-0.1, -0.05) is 41.7 Å². The van der Waals surface area contributed by atoms with E-state index in [-0.39, 0.29) is 12.5 Å². The van der Waals surface area contributed by atoms with Crippen molar-refractivity contribution in [3.8, 4) is 16.9 Å². The standard InChI is InChI=1S/C36H46ClN3O5S2/c1-46-39-18-20-40(35(43)33(42)8-4-5-21-41)19-6-22-47-28-12-13-32(37)26(23-28)25-44-36(15-16-36)31-24-38-17-14-29(31)30-7-2-3-9-34(30)45-27-10-11-27/h2-3,7,9,12-14,17,23-24,27,33,39,41-42H,4-6,8,10-11,15-16,18-22,25H2,1H3. The molecule has 2 aliphatic rings. The molecule has 0 aliphatic heterocycles. The number of nitrogens with one attached hydrogen (secondary N) is 1. The van der Waals surface area contributed by atoms with E-state index in [0.29, 0.717) is 56.6 Å². The van der Waals surface area contributed by atoms with Crippen LogP contribution in [0.15, 0.2) is 65.8 Å². The van der Waals surface area contributed by atoms with E-state index in [1.165, 1.54) is 11.9 Å². The van der Waals surface area contributed by atoms with Gasteiger partial charge in [-0.2, -0.15) is 0 Å². The first-order chi connectivity index (χ1) is 22.9. The first-order valence-corrected chi connectivity index (χ1v) is 19.1. The normalized spacial score (nSPS) is 15.7. The second-order valence-corrected chi connectivity index (χ2v) is 14.4. The maximum absolute atomic E-state index is 12.9. The van der Waals surface area contributed by atoms with Crippen LogP contribution < -0.4 is 9.46 Å². The topological polar surface area (TPSA) is 104 Å². The third kappa shape index (κ3) is 10.3. The monoisotopic (exact) mass is 699 g/mol. The molecule has 47 heavy (non-hydrogen) atoms. The summed E-state index contributed by atoms with van der Waals surface area (Å²) < 4.78 is 16.1. The van der Waals surface area contributed by atoms with E-state index >= 15 is 0 Å². The molecule has 0 spiro atoms. The minimum atomic E-state index is -1.04. The van der Waals surface area contributed by atoms with Gasteiger partial charge in [0.25, 0.3) is 5.91 Å². The summed E-state index contributed by atoms with van der Waals surface area (Å²) in [5.41, 5.74) is 3.78. The van der Waals surface area contributed by atoms with Crippen molar-refractivity contribution in [2.24, 2.45) is 0 Å². The van der Waals surface area contributed by atoms with Gasteiger partial charge in [0, 0.05) is 59.7 Å². The number of nitrogens with zero attached hydrogens (tertiary/aromatic N) is 2. The Hall–Kier alpha value is -2.31. The van der Waals surface area contributed by atoms with Gasteiger partial charge in [0.1, 0.15) is 11.9 Å². The minimum absolute atomic E-state index is 0.0650. The molecule has 8 nitrogen and oxygen atoms in total.